The molecule has 3 N–H and O–H groups in total. The van der Waals surface area contributed by atoms with E-state index in [1.165, 1.54) is 13.0 Å². The summed E-state index contributed by atoms with van der Waals surface area (Å²) < 4.78 is 55.3. The molecule has 3 aromatic rings. The second kappa shape index (κ2) is 9.35. The zero-order chi connectivity index (χ0) is 22.4. The fourth-order valence-corrected chi connectivity index (χ4v) is 5.69. The first-order chi connectivity index (χ1) is 13.9. The lowest BCUT2D eigenvalue weighted by atomic mass is 9.97. The third-order valence-electron chi connectivity index (χ3n) is 4.95. The van der Waals surface area contributed by atoms with Crippen LogP contribution in [0, 0.1) is 19.7 Å². The summed E-state index contributed by atoms with van der Waals surface area (Å²) in [7, 11) is -0.608. The standard InChI is InChI=1S/C21H21BrF4N3P.H2O/c1-10-13(7-6-8-15(10)21(24,25)26)11(2)27-20-14-9-16(30(4)5)17(22)18(23)19(14)28-12(3)29-20;/h6-9,11H,1-5H3,(H,27,28,29);1H2. The Morgan fingerprint density at radius 3 is 2.35 bits per heavy atom. The van der Waals surface area contributed by atoms with Crippen LogP contribution >= 0.6 is 23.9 Å². The number of halogens is 5. The number of aromatic nitrogens is 2. The van der Waals surface area contributed by atoms with E-state index in [4.69, 9.17) is 0 Å². The van der Waals surface area contributed by atoms with Crippen molar-refractivity contribution < 1.29 is 23.0 Å². The molecule has 3 rings (SSSR count). The lowest BCUT2D eigenvalue weighted by Gasteiger charge is -2.22. The van der Waals surface area contributed by atoms with Gasteiger partial charge in [-0.05, 0) is 78.6 Å². The largest absolute Gasteiger partial charge is 0.416 e. The number of alkyl halides is 3. The quantitative estimate of drug-likeness (QED) is 0.345. The minimum absolute atomic E-state index is 0. The van der Waals surface area contributed by atoms with E-state index in [1.807, 2.05) is 19.4 Å². The summed E-state index contributed by atoms with van der Waals surface area (Å²) >= 11 is 3.33. The fourth-order valence-electron chi connectivity index (χ4n) is 3.45. The van der Waals surface area contributed by atoms with E-state index >= 15 is 4.39 Å². The molecule has 0 aliphatic carbocycles. The highest BCUT2D eigenvalue weighted by molar-refractivity contribution is 9.10. The number of nitrogens with zero attached hydrogens (tertiary/aromatic N) is 2. The second-order valence-corrected chi connectivity index (χ2v) is 10.4. The molecule has 4 nitrogen and oxygen atoms in total. The van der Waals surface area contributed by atoms with Crippen LogP contribution in [0.4, 0.5) is 23.4 Å². The van der Waals surface area contributed by atoms with Crippen LogP contribution in [0.5, 0.6) is 0 Å². The average Bonchev–Trinajstić information content (AvgIpc) is 2.63. The van der Waals surface area contributed by atoms with Gasteiger partial charge in [0.1, 0.15) is 17.2 Å². The topological polar surface area (TPSA) is 69.3 Å². The molecule has 2 aromatic carbocycles. The smallest absolute Gasteiger partial charge is 0.412 e. The lowest BCUT2D eigenvalue weighted by molar-refractivity contribution is -0.138. The number of benzene rings is 2. The third kappa shape index (κ3) is 4.99. The van der Waals surface area contributed by atoms with Gasteiger partial charge in [0, 0.05) is 5.39 Å². The minimum Gasteiger partial charge on any atom is -0.412 e. The van der Waals surface area contributed by atoms with Crippen molar-refractivity contribution in [3.63, 3.8) is 0 Å². The van der Waals surface area contributed by atoms with Gasteiger partial charge < -0.3 is 10.8 Å². The molecule has 0 saturated heterocycles. The summed E-state index contributed by atoms with van der Waals surface area (Å²) in [5, 5.41) is 4.51. The molecule has 1 heterocycles. The van der Waals surface area contributed by atoms with Gasteiger partial charge in [0.05, 0.1) is 16.1 Å². The Kier molecular flexibility index (Phi) is 7.67. The summed E-state index contributed by atoms with van der Waals surface area (Å²) in [5.41, 5.74) is 0.156. The van der Waals surface area contributed by atoms with Gasteiger partial charge in [-0.1, -0.05) is 20.1 Å². The van der Waals surface area contributed by atoms with Gasteiger partial charge in [0.15, 0.2) is 5.82 Å². The van der Waals surface area contributed by atoms with Crippen molar-refractivity contribution in [2.75, 3.05) is 18.6 Å². The molecule has 0 spiro atoms. The fraction of sp³-hybridized carbons (Fsp3) is 0.333. The molecule has 0 saturated carbocycles. The van der Waals surface area contributed by atoms with Crippen LogP contribution in [0.2, 0.25) is 0 Å². The Morgan fingerprint density at radius 2 is 1.77 bits per heavy atom. The Morgan fingerprint density at radius 1 is 1.13 bits per heavy atom. The van der Waals surface area contributed by atoms with Gasteiger partial charge in [0.25, 0.3) is 0 Å². The highest BCUT2D eigenvalue weighted by Crippen LogP contribution is 2.37. The SMILES string of the molecule is Cc1nc(NC(C)c2cccc(C(F)(F)F)c2C)c2cc(P(C)C)c(Br)c(F)c2n1.O. The molecular formula is C21H23BrF4N3OP. The predicted molar refractivity (Wildman–Crippen MR) is 122 cm³/mol. The van der Waals surface area contributed by atoms with Crippen LogP contribution in [0.25, 0.3) is 10.9 Å². The van der Waals surface area contributed by atoms with Gasteiger partial charge >= 0.3 is 6.18 Å². The molecule has 1 unspecified atom stereocenters. The average molecular weight is 520 g/mol. The normalized spacial score (nSPS) is 12.7. The van der Waals surface area contributed by atoms with E-state index in [0.717, 1.165) is 11.4 Å². The minimum atomic E-state index is -4.43. The molecule has 10 heteroatoms. The van der Waals surface area contributed by atoms with Crippen molar-refractivity contribution in [2.24, 2.45) is 0 Å². The molecular weight excluding hydrogens is 497 g/mol. The highest BCUT2D eigenvalue weighted by Gasteiger charge is 2.33. The van der Waals surface area contributed by atoms with Gasteiger partial charge in [-0.25, -0.2) is 14.4 Å². The third-order valence-corrected chi connectivity index (χ3v) is 7.34. The molecule has 0 aliphatic rings. The highest BCUT2D eigenvalue weighted by atomic mass is 79.9. The van der Waals surface area contributed by atoms with E-state index < -0.39 is 31.5 Å². The second-order valence-electron chi connectivity index (χ2n) is 7.32. The number of anilines is 1. The number of aryl methyl sites for hydroxylation is 1. The molecule has 1 atom stereocenters. The molecule has 168 valence electrons. The Hall–Kier alpha value is -1.83. The first kappa shape index (κ1) is 25.4. The maximum absolute atomic E-state index is 15.0. The number of hydrogen-bond acceptors (Lipinski definition) is 3. The van der Waals surface area contributed by atoms with E-state index in [2.05, 4.69) is 31.2 Å². The molecule has 0 radical (unpaired) electrons. The van der Waals surface area contributed by atoms with Crippen molar-refractivity contribution in [2.45, 2.75) is 33.0 Å². The first-order valence-corrected chi connectivity index (χ1v) is 12.2. The van der Waals surface area contributed by atoms with Crippen LogP contribution in [0.3, 0.4) is 0 Å². The van der Waals surface area contributed by atoms with Crippen molar-refractivity contribution in [3.05, 3.63) is 57.1 Å². The Balaban J connectivity index is 0.00000341. The lowest BCUT2D eigenvalue weighted by Crippen LogP contribution is -2.15. The molecule has 1 aromatic heterocycles. The van der Waals surface area contributed by atoms with E-state index in [0.29, 0.717) is 27.1 Å². The molecule has 0 amide bonds. The van der Waals surface area contributed by atoms with Gasteiger partial charge in [-0.3, -0.25) is 0 Å². The number of nitrogens with one attached hydrogen (secondary N) is 1. The van der Waals surface area contributed by atoms with Gasteiger partial charge in [0.2, 0.25) is 0 Å². The van der Waals surface area contributed by atoms with Crippen molar-refractivity contribution >= 4 is 45.9 Å². The van der Waals surface area contributed by atoms with Crippen LogP contribution in [-0.4, -0.2) is 28.8 Å². The van der Waals surface area contributed by atoms with Crippen molar-refractivity contribution in [3.8, 4) is 0 Å². The van der Waals surface area contributed by atoms with Crippen LogP contribution < -0.4 is 10.6 Å². The Labute approximate surface area is 187 Å². The molecule has 31 heavy (non-hydrogen) atoms. The Bertz CT molecular complexity index is 1120. The number of hydrogen-bond donors (Lipinski definition) is 1. The number of rotatable bonds is 4. The monoisotopic (exact) mass is 519 g/mol. The van der Waals surface area contributed by atoms with Crippen molar-refractivity contribution in [1.29, 1.82) is 0 Å². The van der Waals surface area contributed by atoms with Gasteiger partial charge in [-0.15, -0.1) is 0 Å². The van der Waals surface area contributed by atoms with Crippen LogP contribution in [0.1, 0.15) is 35.5 Å². The van der Waals surface area contributed by atoms with Crippen LogP contribution in [0.15, 0.2) is 28.7 Å². The zero-order valence-electron chi connectivity index (χ0n) is 17.6. The molecule has 0 bridgehead atoms. The van der Waals surface area contributed by atoms with E-state index in [9.17, 15) is 13.2 Å². The van der Waals surface area contributed by atoms with E-state index in [-0.39, 0.29) is 16.6 Å². The van der Waals surface area contributed by atoms with Crippen LogP contribution in [-0.2, 0) is 6.18 Å². The molecule has 0 fully saturated rings. The summed E-state index contributed by atoms with van der Waals surface area (Å²) in [6, 6.07) is 5.48. The predicted octanol–water partition coefficient (Wildman–Crippen LogP) is 5.88. The van der Waals surface area contributed by atoms with Crippen molar-refractivity contribution in [1.82, 2.24) is 9.97 Å². The van der Waals surface area contributed by atoms with E-state index in [1.54, 1.807) is 19.9 Å². The number of fused-ring (bicyclic) bond motifs is 1. The maximum atomic E-state index is 15.0. The summed E-state index contributed by atoms with van der Waals surface area (Å²) in [6.45, 7) is 8.89. The first-order valence-electron chi connectivity index (χ1n) is 9.18. The maximum Gasteiger partial charge on any atom is 0.416 e. The summed E-state index contributed by atoms with van der Waals surface area (Å²) in [5.74, 6) is 0.299. The molecule has 0 aliphatic heterocycles. The summed E-state index contributed by atoms with van der Waals surface area (Å²) in [6.07, 6.45) is -4.43. The van der Waals surface area contributed by atoms with Gasteiger partial charge in [-0.2, -0.15) is 13.2 Å². The summed E-state index contributed by atoms with van der Waals surface area (Å²) in [4.78, 5) is 8.66. The zero-order valence-corrected chi connectivity index (χ0v) is 20.1.